The van der Waals surface area contributed by atoms with E-state index in [0.717, 1.165) is 32.4 Å². The molecule has 0 aromatic rings. The number of hydrogen-bond acceptors (Lipinski definition) is 4. The van der Waals surface area contributed by atoms with Gasteiger partial charge in [0.05, 0.1) is 19.8 Å². The van der Waals surface area contributed by atoms with Gasteiger partial charge in [0.1, 0.15) is 0 Å². The fraction of sp³-hybridized carbons (Fsp3) is 0.923. The molecule has 3 rings (SSSR count). The van der Waals surface area contributed by atoms with Crippen molar-refractivity contribution in [3.05, 3.63) is 0 Å². The van der Waals surface area contributed by atoms with Gasteiger partial charge in [-0.05, 0) is 31.1 Å². The molecule has 0 bridgehead atoms. The third-order valence-electron chi connectivity index (χ3n) is 4.49. The molecule has 2 unspecified atom stereocenters. The molecular formula is C13H22N2O3. The van der Waals surface area contributed by atoms with Crippen molar-refractivity contribution >= 4 is 5.91 Å². The minimum absolute atomic E-state index is 0.109. The van der Waals surface area contributed by atoms with Crippen molar-refractivity contribution in [3.63, 3.8) is 0 Å². The van der Waals surface area contributed by atoms with E-state index in [9.17, 15) is 4.79 Å². The minimum atomic E-state index is -0.382. The highest BCUT2D eigenvalue weighted by molar-refractivity contribution is 5.81. The molecule has 5 heteroatoms. The van der Waals surface area contributed by atoms with Crippen LogP contribution in [0.4, 0.5) is 0 Å². The Labute approximate surface area is 108 Å². The van der Waals surface area contributed by atoms with Crippen LogP contribution in [-0.4, -0.2) is 55.9 Å². The van der Waals surface area contributed by atoms with E-state index in [1.807, 2.05) is 4.90 Å². The quantitative estimate of drug-likeness (QED) is 0.714. The largest absolute Gasteiger partial charge is 0.376 e. The lowest BCUT2D eigenvalue weighted by Crippen LogP contribution is -2.44. The summed E-state index contributed by atoms with van der Waals surface area (Å²) in [5, 5.41) is 0. The Bertz CT molecular complexity index is 317. The fourth-order valence-corrected chi connectivity index (χ4v) is 3.48. The van der Waals surface area contributed by atoms with Crippen LogP contribution >= 0.6 is 0 Å². The Morgan fingerprint density at radius 2 is 2.00 bits per heavy atom. The summed E-state index contributed by atoms with van der Waals surface area (Å²) < 4.78 is 10.8. The predicted octanol–water partition coefficient (Wildman–Crippen LogP) is -0.0124. The highest BCUT2D eigenvalue weighted by Crippen LogP contribution is 2.36. The highest BCUT2D eigenvalue weighted by atomic mass is 16.6. The Morgan fingerprint density at radius 3 is 2.78 bits per heavy atom. The molecule has 3 fully saturated rings. The number of rotatable bonds is 1. The number of carbonyl (C=O) groups is 1. The maximum absolute atomic E-state index is 12.3. The van der Waals surface area contributed by atoms with Crippen molar-refractivity contribution in [2.24, 2.45) is 17.6 Å². The van der Waals surface area contributed by atoms with Crippen LogP contribution in [-0.2, 0) is 14.3 Å². The summed E-state index contributed by atoms with van der Waals surface area (Å²) in [5.74, 6) is 1.36. The van der Waals surface area contributed by atoms with Gasteiger partial charge in [-0.15, -0.1) is 0 Å². The molecule has 0 spiro atoms. The second-order valence-corrected chi connectivity index (χ2v) is 5.77. The first kappa shape index (κ1) is 12.4. The third-order valence-corrected chi connectivity index (χ3v) is 4.49. The smallest absolute Gasteiger partial charge is 0.254 e. The number of ether oxygens (including phenoxy) is 2. The molecule has 2 saturated heterocycles. The molecule has 0 aromatic heterocycles. The lowest BCUT2D eigenvalue weighted by Gasteiger charge is -2.27. The van der Waals surface area contributed by atoms with Crippen LogP contribution in [0.25, 0.3) is 0 Å². The van der Waals surface area contributed by atoms with Crippen LogP contribution in [0.2, 0.25) is 0 Å². The molecule has 4 atom stereocenters. The summed E-state index contributed by atoms with van der Waals surface area (Å²) in [7, 11) is 0. The molecule has 1 saturated carbocycles. The number of nitrogens with zero attached hydrogens (tertiary/aromatic N) is 1. The number of nitrogens with two attached hydrogens (primary N) is 1. The van der Waals surface area contributed by atoms with Gasteiger partial charge in [0.2, 0.25) is 0 Å². The SMILES string of the molecule is NC1CC[C@H]2CN(C(=O)C3COCCO3)C[C@H]2C1. The molecule has 5 nitrogen and oxygen atoms in total. The second-order valence-electron chi connectivity index (χ2n) is 5.77. The standard InChI is InChI=1S/C13H22N2O3/c14-11-2-1-9-6-15(7-10(9)5-11)13(16)12-8-17-3-4-18-12/h9-12H,1-8,14H2/t9-,10+,11?,12?/m0/s1. The molecular weight excluding hydrogens is 232 g/mol. The first-order chi connectivity index (χ1) is 8.74. The van der Waals surface area contributed by atoms with Crippen LogP contribution in [0.1, 0.15) is 19.3 Å². The normalized spacial score (nSPS) is 40.6. The lowest BCUT2D eigenvalue weighted by atomic mass is 9.79. The van der Waals surface area contributed by atoms with E-state index in [0.29, 0.717) is 37.7 Å². The zero-order valence-electron chi connectivity index (χ0n) is 10.7. The van der Waals surface area contributed by atoms with Crippen LogP contribution in [0.5, 0.6) is 0 Å². The zero-order chi connectivity index (χ0) is 12.5. The highest BCUT2D eigenvalue weighted by Gasteiger charge is 2.40. The molecule has 18 heavy (non-hydrogen) atoms. The van der Waals surface area contributed by atoms with Crippen molar-refractivity contribution in [1.82, 2.24) is 4.90 Å². The van der Waals surface area contributed by atoms with Gasteiger partial charge in [-0.25, -0.2) is 0 Å². The second kappa shape index (κ2) is 5.15. The number of fused-ring (bicyclic) bond motifs is 1. The molecule has 1 amide bonds. The molecule has 3 aliphatic rings. The van der Waals surface area contributed by atoms with Crippen LogP contribution in [0, 0.1) is 11.8 Å². The third kappa shape index (κ3) is 2.39. The van der Waals surface area contributed by atoms with E-state index in [4.69, 9.17) is 15.2 Å². The summed E-state index contributed by atoms with van der Waals surface area (Å²) in [6.07, 6.45) is 2.95. The lowest BCUT2D eigenvalue weighted by molar-refractivity contribution is -0.157. The topological polar surface area (TPSA) is 64.8 Å². The average Bonchev–Trinajstić information content (AvgIpc) is 2.81. The molecule has 0 radical (unpaired) electrons. The summed E-state index contributed by atoms with van der Waals surface area (Å²) in [5.41, 5.74) is 6.01. The zero-order valence-corrected chi connectivity index (χ0v) is 10.7. The van der Waals surface area contributed by atoms with Gasteiger partial charge < -0.3 is 20.1 Å². The van der Waals surface area contributed by atoms with Crippen LogP contribution in [0.15, 0.2) is 0 Å². The molecule has 2 heterocycles. The van der Waals surface area contributed by atoms with Crippen molar-refractivity contribution < 1.29 is 14.3 Å². The van der Waals surface area contributed by atoms with Gasteiger partial charge in [0, 0.05) is 19.1 Å². The van der Waals surface area contributed by atoms with E-state index in [-0.39, 0.29) is 12.0 Å². The van der Waals surface area contributed by atoms with Crippen molar-refractivity contribution in [2.45, 2.75) is 31.4 Å². The summed E-state index contributed by atoms with van der Waals surface area (Å²) in [6, 6.07) is 0.329. The van der Waals surface area contributed by atoms with Crippen molar-refractivity contribution in [1.29, 1.82) is 0 Å². The van der Waals surface area contributed by atoms with E-state index >= 15 is 0 Å². The Kier molecular flexibility index (Phi) is 3.54. The monoisotopic (exact) mass is 254 g/mol. The molecule has 1 aliphatic carbocycles. The number of hydrogen-bond donors (Lipinski definition) is 1. The molecule has 2 N–H and O–H groups in total. The predicted molar refractivity (Wildman–Crippen MR) is 65.9 cm³/mol. The van der Waals surface area contributed by atoms with Gasteiger partial charge in [0.15, 0.2) is 6.10 Å². The minimum Gasteiger partial charge on any atom is -0.376 e. The van der Waals surface area contributed by atoms with Crippen LogP contribution in [0.3, 0.4) is 0 Å². The van der Waals surface area contributed by atoms with Gasteiger partial charge in [-0.2, -0.15) is 0 Å². The van der Waals surface area contributed by atoms with E-state index < -0.39 is 0 Å². The van der Waals surface area contributed by atoms with Gasteiger partial charge in [0.25, 0.3) is 5.91 Å². The maximum Gasteiger partial charge on any atom is 0.254 e. The number of carbonyl (C=O) groups excluding carboxylic acids is 1. The molecule has 0 aromatic carbocycles. The molecule has 2 aliphatic heterocycles. The van der Waals surface area contributed by atoms with Gasteiger partial charge in [-0.1, -0.05) is 0 Å². The molecule has 102 valence electrons. The first-order valence-electron chi connectivity index (χ1n) is 6.97. The Balaban J connectivity index is 1.59. The summed E-state index contributed by atoms with van der Waals surface area (Å²) in [6.45, 7) is 3.28. The number of likely N-dealkylation sites (tertiary alicyclic amines) is 1. The van der Waals surface area contributed by atoms with Gasteiger partial charge >= 0.3 is 0 Å². The Morgan fingerprint density at radius 1 is 1.17 bits per heavy atom. The number of amides is 1. The first-order valence-corrected chi connectivity index (χ1v) is 6.97. The fourth-order valence-electron chi connectivity index (χ4n) is 3.48. The average molecular weight is 254 g/mol. The van der Waals surface area contributed by atoms with Gasteiger partial charge in [-0.3, -0.25) is 4.79 Å². The maximum atomic E-state index is 12.3. The van der Waals surface area contributed by atoms with E-state index in [1.54, 1.807) is 0 Å². The van der Waals surface area contributed by atoms with Crippen molar-refractivity contribution in [3.8, 4) is 0 Å². The van der Waals surface area contributed by atoms with Crippen LogP contribution < -0.4 is 5.73 Å². The van der Waals surface area contributed by atoms with E-state index in [2.05, 4.69) is 0 Å². The summed E-state index contributed by atoms with van der Waals surface area (Å²) in [4.78, 5) is 14.3. The Hall–Kier alpha value is -0.650. The van der Waals surface area contributed by atoms with E-state index in [1.165, 1.54) is 0 Å². The van der Waals surface area contributed by atoms with Crippen molar-refractivity contribution in [2.75, 3.05) is 32.9 Å². The summed E-state index contributed by atoms with van der Waals surface area (Å²) >= 11 is 0.